The number of nitrogens with zero attached hydrogens (tertiary/aromatic N) is 2. The maximum Gasteiger partial charge on any atom is 0.0672 e. The number of aryl methyl sites for hydroxylation is 2. The first-order valence-electron chi connectivity index (χ1n) is 6.69. The molecule has 2 rings (SSSR count). The van der Waals surface area contributed by atoms with Crippen LogP contribution in [0.25, 0.3) is 11.1 Å². The molecule has 0 aliphatic heterocycles. The molecule has 0 aliphatic rings. The first-order chi connectivity index (χ1) is 9.15. The van der Waals surface area contributed by atoms with E-state index in [0.717, 1.165) is 35.9 Å². The molecule has 0 bridgehead atoms. The lowest BCUT2D eigenvalue weighted by molar-refractivity contribution is 0.653. The normalized spacial score (nSPS) is 10.9. The van der Waals surface area contributed by atoms with Gasteiger partial charge < -0.3 is 5.32 Å². The van der Waals surface area contributed by atoms with Gasteiger partial charge in [0.1, 0.15) is 0 Å². The SMILES string of the molecule is CCNCc1cc(-c2cn(CC)nc2C)ccc1Cl. The Morgan fingerprint density at radius 1 is 1.32 bits per heavy atom. The highest BCUT2D eigenvalue weighted by molar-refractivity contribution is 6.31. The molecule has 0 aliphatic carbocycles. The summed E-state index contributed by atoms with van der Waals surface area (Å²) in [6.45, 7) is 8.85. The van der Waals surface area contributed by atoms with Crippen molar-refractivity contribution in [3.05, 3.63) is 40.7 Å². The molecular weight excluding hydrogens is 258 g/mol. The van der Waals surface area contributed by atoms with Crippen LogP contribution >= 0.6 is 11.6 Å². The van der Waals surface area contributed by atoms with Crippen LogP contribution in [0.5, 0.6) is 0 Å². The van der Waals surface area contributed by atoms with Crippen molar-refractivity contribution >= 4 is 11.6 Å². The lowest BCUT2D eigenvalue weighted by Gasteiger charge is -2.07. The van der Waals surface area contributed by atoms with Gasteiger partial charge in [0.25, 0.3) is 0 Å². The minimum Gasteiger partial charge on any atom is -0.313 e. The van der Waals surface area contributed by atoms with Crippen LogP contribution in [-0.2, 0) is 13.1 Å². The maximum atomic E-state index is 6.23. The summed E-state index contributed by atoms with van der Waals surface area (Å²) < 4.78 is 1.96. The molecule has 1 heterocycles. The molecule has 2 aromatic rings. The second-order valence-corrected chi connectivity index (χ2v) is 4.98. The zero-order chi connectivity index (χ0) is 13.8. The summed E-state index contributed by atoms with van der Waals surface area (Å²) >= 11 is 6.23. The quantitative estimate of drug-likeness (QED) is 0.904. The van der Waals surface area contributed by atoms with Crippen molar-refractivity contribution in [2.24, 2.45) is 0 Å². The van der Waals surface area contributed by atoms with Crippen LogP contribution in [0.15, 0.2) is 24.4 Å². The predicted octanol–water partition coefficient (Wildman–Crippen LogP) is 3.64. The van der Waals surface area contributed by atoms with Gasteiger partial charge in [-0.15, -0.1) is 0 Å². The van der Waals surface area contributed by atoms with E-state index >= 15 is 0 Å². The van der Waals surface area contributed by atoms with Gasteiger partial charge in [0, 0.05) is 29.9 Å². The Morgan fingerprint density at radius 3 is 2.74 bits per heavy atom. The Labute approximate surface area is 119 Å². The van der Waals surface area contributed by atoms with Crippen molar-refractivity contribution < 1.29 is 0 Å². The van der Waals surface area contributed by atoms with Crippen molar-refractivity contribution in [3.63, 3.8) is 0 Å². The minimum absolute atomic E-state index is 0.796. The van der Waals surface area contributed by atoms with Crippen molar-refractivity contribution in [2.45, 2.75) is 33.9 Å². The van der Waals surface area contributed by atoms with Gasteiger partial charge in [0.2, 0.25) is 0 Å². The predicted molar refractivity (Wildman–Crippen MR) is 80.5 cm³/mol. The third-order valence-corrected chi connectivity index (χ3v) is 3.56. The van der Waals surface area contributed by atoms with E-state index in [1.165, 1.54) is 11.1 Å². The molecule has 1 aromatic heterocycles. The molecule has 1 N–H and O–H groups in total. The van der Waals surface area contributed by atoms with E-state index < -0.39 is 0 Å². The number of hydrogen-bond donors (Lipinski definition) is 1. The van der Waals surface area contributed by atoms with E-state index in [2.05, 4.69) is 42.6 Å². The van der Waals surface area contributed by atoms with Gasteiger partial charge >= 0.3 is 0 Å². The molecule has 0 saturated carbocycles. The molecule has 0 radical (unpaired) electrons. The highest BCUT2D eigenvalue weighted by Gasteiger charge is 2.09. The van der Waals surface area contributed by atoms with Crippen LogP contribution in [-0.4, -0.2) is 16.3 Å². The zero-order valence-electron chi connectivity index (χ0n) is 11.7. The summed E-state index contributed by atoms with van der Waals surface area (Å²) in [5, 5.41) is 8.61. The van der Waals surface area contributed by atoms with Gasteiger partial charge in [-0.05, 0) is 43.7 Å². The summed E-state index contributed by atoms with van der Waals surface area (Å²) in [5.74, 6) is 0. The third kappa shape index (κ3) is 3.17. The van der Waals surface area contributed by atoms with Crippen LogP contribution in [0, 0.1) is 6.92 Å². The molecule has 0 unspecified atom stereocenters. The molecular formula is C15H20ClN3. The van der Waals surface area contributed by atoms with Crippen molar-refractivity contribution in [1.29, 1.82) is 0 Å². The number of nitrogens with one attached hydrogen (secondary N) is 1. The molecule has 0 fully saturated rings. The molecule has 0 saturated heterocycles. The second kappa shape index (κ2) is 6.22. The van der Waals surface area contributed by atoms with Crippen LogP contribution in [0.2, 0.25) is 5.02 Å². The lowest BCUT2D eigenvalue weighted by Crippen LogP contribution is -2.12. The van der Waals surface area contributed by atoms with Gasteiger partial charge in [0.05, 0.1) is 5.69 Å². The maximum absolute atomic E-state index is 6.23. The molecule has 3 nitrogen and oxygen atoms in total. The lowest BCUT2D eigenvalue weighted by atomic mass is 10.0. The fourth-order valence-corrected chi connectivity index (χ4v) is 2.29. The van der Waals surface area contributed by atoms with Crippen molar-refractivity contribution in [1.82, 2.24) is 15.1 Å². The van der Waals surface area contributed by atoms with E-state index in [9.17, 15) is 0 Å². The van der Waals surface area contributed by atoms with Crippen molar-refractivity contribution in [3.8, 4) is 11.1 Å². The van der Waals surface area contributed by atoms with Crippen LogP contribution < -0.4 is 5.32 Å². The van der Waals surface area contributed by atoms with Crippen LogP contribution in [0.4, 0.5) is 0 Å². The average molecular weight is 278 g/mol. The van der Waals surface area contributed by atoms with Crippen molar-refractivity contribution in [2.75, 3.05) is 6.54 Å². The van der Waals surface area contributed by atoms with E-state index in [-0.39, 0.29) is 0 Å². The molecule has 4 heteroatoms. The Morgan fingerprint density at radius 2 is 2.11 bits per heavy atom. The standard InChI is InChI=1S/C15H20ClN3/c1-4-17-9-13-8-12(6-7-15(13)16)14-10-19(5-2)18-11(14)3/h6-8,10,17H,4-5,9H2,1-3H3. The molecule has 19 heavy (non-hydrogen) atoms. The fraction of sp³-hybridized carbons (Fsp3) is 0.400. The molecule has 0 atom stereocenters. The average Bonchev–Trinajstić information content (AvgIpc) is 2.79. The van der Waals surface area contributed by atoms with Gasteiger partial charge in [0.15, 0.2) is 0 Å². The summed E-state index contributed by atoms with van der Waals surface area (Å²) in [7, 11) is 0. The van der Waals surface area contributed by atoms with E-state index in [4.69, 9.17) is 11.6 Å². The Bertz CT molecular complexity index is 561. The minimum atomic E-state index is 0.796. The van der Waals surface area contributed by atoms with Crippen LogP contribution in [0.1, 0.15) is 25.1 Å². The highest BCUT2D eigenvalue weighted by atomic mass is 35.5. The largest absolute Gasteiger partial charge is 0.313 e. The van der Waals surface area contributed by atoms with Crippen LogP contribution in [0.3, 0.4) is 0 Å². The van der Waals surface area contributed by atoms with Gasteiger partial charge in [-0.2, -0.15) is 5.10 Å². The summed E-state index contributed by atoms with van der Waals surface area (Å²) in [6.07, 6.45) is 2.09. The van der Waals surface area contributed by atoms with E-state index in [0.29, 0.717) is 0 Å². The summed E-state index contributed by atoms with van der Waals surface area (Å²) in [6, 6.07) is 6.17. The Balaban J connectivity index is 2.36. The zero-order valence-corrected chi connectivity index (χ0v) is 12.5. The fourth-order valence-electron chi connectivity index (χ4n) is 2.10. The first-order valence-corrected chi connectivity index (χ1v) is 7.07. The van der Waals surface area contributed by atoms with E-state index in [1.54, 1.807) is 0 Å². The number of rotatable bonds is 5. The second-order valence-electron chi connectivity index (χ2n) is 4.57. The number of benzene rings is 1. The smallest absolute Gasteiger partial charge is 0.0672 e. The number of aromatic nitrogens is 2. The molecule has 0 amide bonds. The van der Waals surface area contributed by atoms with Gasteiger partial charge in [-0.3, -0.25) is 4.68 Å². The Hall–Kier alpha value is -1.32. The Kier molecular flexibility index (Phi) is 4.61. The molecule has 102 valence electrons. The number of halogens is 1. The molecule has 1 aromatic carbocycles. The van der Waals surface area contributed by atoms with Gasteiger partial charge in [-0.25, -0.2) is 0 Å². The monoisotopic (exact) mass is 277 g/mol. The van der Waals surface area contributed by atoms with E-state index in [1.807, 2.05) is 17.7 Å². The number of hydrogen-bond acceptors (Lipinski definition) is 2. The topological polar surface area (TPSA) is 29.9 Å². The first kappa shape index (κ1) is 14.1. The molecule has 0 spiro atoms. The summed E-state index contributed by atoms with van der Waals surface area (Å²) in [4.78, 5) is 0. The third-order valence-electron chi connectivity index (χ3n) is 3.19. The highest BCUT2D eigenvalue weighted by Crippen LogP contribution is 2.27. The summed E-state index contributed by atoms with van der Waals surface area (Å²) in [5.41, 5.74) is 4.54. The van der Waals surface area contributed by atoms with Gasteiger partial charge in [-0.1, -0.05) is 24.6 Å².